The molecule has 1 aliphatic heterocycles. The van der Waals surface area contributed by atoms with Gasteiger partial charge in [0.25, 0.3) is 5.91 Å². The molecule has 1 fully saturated rings. The van der Waals surface area contributed by atoms with Crippen molar-refractivity contribution >= 4 is 17.7 Å². The monoisotopic (exact) mass is 406 g/mol. The van der Waals surface area contributed by atoms with E-state index in [1.54, 1.807) is 0 Å². The zero-order chi connectivity index (χ0) is 20.4. The first kappa shape index (κ1) is 19.8. The molecule has 4 rings (SSSR count). The summed E-state index contributed by atoms with van der Waals surface area (Å²) in [6.45, 7) is 7.86. The van der Waals surface area contributed by atoms with E-state index in [1.165, 1.54) is 29.3 Å². The molecule has 3 aromatic rings. The van der Waals surface area contributed by atoms with Crippen molar-refractivity contribution in [1.82, 2.24) is 9.88 Å². The fourth-order valence-electron chi connectivity index (χ4n) is 3.57. The summed E-state index contributed by atoms with van der Waals surface area (Å²) in [6, 6.07) is 16.2. The molecule has 5 heteroatoms. The molecule has 1 aliphatic rings. The summed E-state index contributed by atoms with van der Waals surface area (Å²) >= 11 is 1.46. The number of carbonyl (C=O) groups excluding carboxylic acids is 1. The minimum atomic E-state index is -0.0340. The Balaban J connectivity index is 1.69. The summed E-state index contributed by atoms with van der Waals surface area (Å²) in [7, 11) is 0. The van der Waals surface area contributed by atoms with Crippen LogP contribution in [0.4, 0.5) is 0 Å². The highest BCUT2D eigenvalue weighted by Gasteiger charge is 2.28. The van der Waals surface area contributed by atoms with Gasteiger partial charge in [0.15, 0.2) is 10.8 Å². The number of aromatic nitrogens is 1. The van der Waals surface area contributed by atoms with Crippen molar-refractivity contribution in [3.63, 3.8) is 0 Å². The highest BCUT2D eigenvalue weighted by Crippen LogP contribution is 2.35. The number of oxazole rings is 1. The van der Waals surface area contributed by atoms with Crippen LogP contribution in [0.2, 0.25) is 0 Å². The highest BCUT2D eigenvalue weighted by atomic mass is 32.2. The van der Waals surface area contributed by atoms with E-state index in [9.17, 15) is 4.79 Å². The smallest absolute Gasteiger partial charge is 0.277 e. The van der Waals surface area contributed by atoms with Crippen molar-refractivity contribution in [2.75, 3.05) is 13.1 Å². The zero-order valence-corrected chi connectivity index (χ0v) is 18.0. The van der Waals surface area contributed by atoms with E-state index in [0.717, 1.165) is 30.0 Å². The molecule has 0 radical (unpaired) electrons. The second-order valence-corrected chi connectivity index (χ2v) is 8.98. The second kappa shape index (κ2) is 8.46. The lowest BCUT2D eigenvalue weighted by Crippen LogP contribution is -2.39. The Bertz CT molecular complexity index is 993. The van der Waals surface area contributed by atoms with Crippen LogP contribution < -0.4 is 0 Å². The number of aryl methyl sites for hydroxylation is 2. The number of nitrogens with zero attached hydrogens (tertiary/aromatic N) is 2. The van der Waals surface area contributed by atoms with Gasteiger partial charge in [0.05, 0.1) is 0 Å². The quantitative estimate of drug-likeness (QED) is 0.534. The number of rotatable bonds is 4. The van der Waals surface area contributed by atoms with E-state index in [1.807, 2.05) is 48.2 Å². The third-order valence-electron chi connectivity index (χ3n) is 5.27. The first-order chi connectivity index (χ1) is 14.0. The van der Waals surface area contributed by atoms with Crippen LogP contribution in [-0.4, -0.2) is 28.9 Å². The minimum absolute atomic E-state index is 0.0340. The van der Waals surface area contributed by atoms with Crippen LogP contribution in [-0.2, 0) is 0 Å². The van der Waals surface area contributed by atoms with E-state index in [-0.39, 0.29) is 5.91 Å². The molecule has 0 spiro atoms. The first-order valence-electron chi connectivity index (χ1n) is 10.1. The number of hydrogen-bond acceptors (Lipinski definition) is 4. The summed E-state index contributed by atoms with van der Waals surface area (Å²) in [5, 5.41) is 0.563. The average Bonchev–Trinajstić information content (AvgIpc) is 3.13. The third kappa shape index (κ3) is 4.56. The van der Waals surface area contributed by atoms with Gasteiger partial charge in [0.1, 0.15) is 0 Å². The third-order valence-corrected chi connectivity index (χ3v) is 6.24. The van der Waals surface area contributed by atoms with Crippen molar-refractivity contribution in [2.24, 2.45) is 5.92 Å². The summed E-state index contributed by atoms with van der Waals surface area (Å²) in [5.74, 6) is 0.977. The van der Waals surface area contributed by atoms with Crippen LogP contribution in [0.3, 0.4) is 0 Å². The van der Waals surface area contributed by atoms with Gasteiger partial charge in [0.2, 0.25) is 5.89 Å². The maximum absolute atomic E-state index is 13.3. The maximum Gasteiger partial charge on any atom is 0.277 e. The molecule has 29 heavy (non-hydrogen) atoms. The van der Waals surface area contributed by atoms with E-state index < -0.39 is 0 Å². The second-order valence-electron chi connectivity index (χ2n) is 7.93. The number of likely N-dealkylation sites (tertiary alicyclic amines) is 1. The fraction of sp³-hybridized carbons (Fsp3) is 0.333. The van der Waals surface area contributed by atoms with E-state index >= 15 is 0 Å². The van der Waals surface area contributed by atoms with Gasteiger partial charge in [0, 0.05) is 23.5 Å². The van der Waals surface area contributed by atoms with Crippen molar-refractivity contribution in [3.05, 3.63) is 65.4 Å². The van der Waals surface area contributed by atoms with Crippen molar-refractivity contribution in [1.29, 1.82) is 0 Å². The maximum atomic E-state index is 13.3. The van der Waals surface area contributed by atoms with Crippen molar-refractivity contribution in [3.8, 4) is 11.5 Å². The molecule has 0 saturated carbocycles. The number of benzene rings is 2. The topological polar surface area (TPSA) is 46.3 Å². The molecule has 0 N–H and O–H groups in total. The Hall–Kier alpha value is -2.53. The molecule has 0 bridgehead atoms. The summed E-state index contributed by atoms with van der Waals surface area (Å²) in [4.78, 5) is 20.9. The highest BCUT2D eigenvalue weighted by molar-refractivity contribution is 7.99. The Kier molecular flexibility index (Phi) is 5.76. The summed E-state index contributed by atoms with van der Waals surface area (Å²) in [5.41, 5.74) is 3.67. The fourth-order valence-corrected chi connectivity index (χ4v) is 4.40. The molecular weight excluding hydrogens is 380 g/mol. The molecule has 2 aromatic carbocycles. The Morgan fingerprint density at radius 2 is 1.72 bits per heavy atom. The normalized spacial score (nSPS) is 16.8. The van der Waals surface area contributed by atoms with Gasteiger partial charge in [-0.1, -0.05) is 42.3 Å². The van der Waals surface area contributed by atoms with Crippen molar-refractivity contribution in [2.45, 2.75) is 43.6 Å². The largest absolute Gasteiger partial charge is 0.429 e. The predicted octanol–water partition coefficient (Wildman–Crippen LogP) is 5.98. The van der Waals surface area contributed by atoms with Crippen LogP contribution in [0.15, 0.2) is 62.9 Å². The molecular formula is C24H26N2O2S. The molecule has 1 amide bonds. The number of piperidine rings is 1. The van der Waals surface area contributed by atoms with E-state index in [0.29, 0.717) is 22.6 Å². The Morgan fingerprint density at radius 1 is 1.07 bits per heavy atom. The molecule has 2 heterocycles. The van der Waals surface area contributed by atoms with Gasteiger partial charge in [-0.3, -0.25) is 4.79 Å². The minimum Gasteiger partial charge on any atom is -0.429 e. The van der Waals surface area contributed by atoms with E-state index in [2.05, 4.69) is 31.0 Å². The molecule has 4 nitrogen and oxygen atoms in total. The summed E-state index contributed by atoms with van der Waals surface area (Å²) < 4.78 is 6.12. The number of amides is 1. The lowest BCUT2D eigenvalue weighted by atomic mass is 10.0. The van der Waals surface area contributed by atoms with E-state index in [4.69, 9.17) is 4.42 Å². The van der Waals surface area contributed by atoms with Crippen LogP contribution >= 0.6 is 11.8 Å². The van der Waals surface area contributed by atoms with Crippen LogP contribution in [0.5, 0.6) is 0 Å². The summed E-state index contributed by atoms with van der Waals surface area (Å²) in [6.07, 6.45) is 2.21. The zero-order valence-electron chi connectivity index (χ0n) is 17.1. The van der Waals surface area contributed by atoms with Gasteiger partial charge in [-0.25, -0.2) is 4.98 Å². The molecule has 1 aromatic heterocycles. The lowest BCUT2D eigenvalue weighted by molar-refractivity contribution is 0.0671. The SMILES string of the molecule is Cc1ccc(Sc2oc(-c3ccc(C)cc3)nc2C(=O)N2CCC[C@@H](C)C2)cc1. The molecule has 1 atom stereocenters. The van der Waals surface area contributed by atoms with Gasteiger partial charge in [-0.15, -0.1) is 0 Å². The van der Waals surface area contributed by atoms with Crippen molar-refractivity contribution < 1.29 is 9.21 Å². The first-order valence-corrected chi connectivity index (χ1v) is 10.9. The Morgan fingerprint density at radius 3 is 2.38 bits per heavy atom. The van der Waals surface area contributed by atoms with Gasteiger partial charge in [-0.05, 0) is 68.6 Å². The Labute approximate surface area is 176 Å². The molecule has 0 unspecified atom stereocenters. The van der Waals surface area contributed by atoms with Crippen LogP contribution in [0, 0.1) is 19.8 Å². The van der Waals surface area contributed by atoms with Crippen LogP contribution in [0.1, 0.15) is 41.4 Å². The van der Waals surface area contributed by atoms with Crippen LogP contribution in [0.25, 0.3) is 11.5 Å². The predicted molar refractivity (Wildman–Crippen MR) is 116 cm³/mol. The molecule has 0 aliphatic carbocycles. The number of carbonyl (C=O) groups is 1. The molecule has 1 saturated heterocycles. The van der Waals surface area contributed by atoms with Gasteiger partial charge in [-0.2, -0.15) is 0 Å². The average molecular weight is 407 g/mol. The van der Waals surface area contributed by atoms with Gasteiger partial charge < -0.3 is 9.32 Å². The van der Waals surface area contributed by atoms with Gasteiger partial charge >= 0.3 is 0 Å². The lowest BCUT2D eigenvalue weighted by Gasteiger charge is -2.30. The standard InChI is InChI=1S/C24H26N2O2S/c1-16-6-10-19(11-7-16)22-25-21(23(27)26-14-4-5-18(3)15-26)24(28-22)29-20-12-8-17(2)9-13-20/h6-13,18H,4-5,14-15H2,1-3H3/t18-/m1/s1. The number of hydrogen-bond donors (Lipinski definition) is 0. The molecule has 150 valence electrons.